The molecule has 0 bridgehead atoms. The van der Waals surface area contributed by atoms with Gasteiger partial charge >= 0.3 is 0 Å². The first kappa shape index (κ1) is 21.6. The van der Waals surface area contributed by atoms with Crippen LogP contribution in [0.4, 0.5) is 16.5 Å². The Labute approximate surface area is 189 Å². The minimum absolute atomic E-state index is 0.0437. The second-order valence-electron chi connectivity index (χ2n) is 7.87. The molecular formula is C23H23N5O3S. The summed E-state index contributed by atoms with van der Waals surface area (Å²) >= 11 is 1.27. The van der Waals surface area contributed by atoms with E-state index < -0.39 is 0 Å². The van der Waals surface area contributed by atoms with Crippen molar-refractivity contribution in [1.29, 1.82) is 0 Å². The average molecular weight is 450 g/mol. The van der Waals surface area contributed by atoms with E-state index >= 15 is 0 Å². The number of hydrogen-bond acceptors (Lipinski definition) is 6. The Morgan fingerprint density at radius 3 is 2.59 bits per heavy atom. The topological polar surface area (TPSA) is 104 Å². The summed E-state index contributed by atoms with van der Waals surface area (Å²) in [7, 11) is 0. The lowest BCUT2D eigenvalue weighted by Crippen LogP contribution is -2.24. The van der Waals surface area contributed by atoms with Gasteiger partial charge < -0.3 is 10.2 Å². The number of amides is 3. The number of carbonyl (C=O) groups excluding carboxylic acids is 3. The van der Waals surface area contributed by atoms with Gasteiger partial charge in [-0.1, -0.05) is 49.4 Å². The fourth-order valence-electron chi connectivity index (χ4n) is 3.37. The number of para-hydroxylation sites is 1. The van der Waals surface area contributed by atoms with E-state index in [4.69, 9.17) is 0 Å². The molecule has 1 atom stereocenters. The lowest BCUT2D eigenvalue weighted by atomic mass is 10.1. The maximum absolute atomic E-state index is 12.7. The number of benzene rings is 2. The highest BCUT2D eigenvalue weighted by Crippen LogP contribution is 2.34. The van der Waals surface area contributed by atoms with Crippen LogP contribution in [0.25, 0.3) is 0 Å². The molecule has 0 aliphatic carbocycles. The van der Waals surface area contributed by atoms with Gasteiger partial charge in [0.05, 0.1) is 0 Å². The summed E-state index contributed by atoms with van der Waals surface area (Å²) in [6, 6.07) is 16.2. The number of hydrogen-bond donors (Lipinski definition) is 2. The molecule has 3 amide bonds. The van der Waals surface area contributed by atoms with E-state index in [-0.39, 0.29) is 29.6 Å². The highest BCUT2D eigenvalue weighted by Gasteiger charge is 2.33. The van der Waals surface area contributed by atoms with Crippen LogP contribution in [0.5, 0.6) is 0 Å². The van der Waals surface area contributed by atoms with Crippen LogP contribution >= 0.6 is 11.3 Å². The Bertz CT molecular complexity index is 1150. The van der Waals surface area contributed by atoms with Crippen molar-refractivity contribution in [1.82, 2.24) is 10.2 Å². The summed E-state index contributed by atoms with van der Waals surface area (Å²) in [6.45, 7) is 4.13. The Hall–Kier alpha value is -3.59. The van der Waals surface area contributed by atoms with Gasteiger partial charge in [-0.15, -0.1) is 10.2 Å². The van der Waals surface area contributed by atoms with E-state index in [0.29, 0.717) is 34.4 Å². The maximum Gasteiger partial charge on any atom is 0.257 e. The van der Waals surface area contributed by atoms with Crippen LogP contribution in [0, 0.1) is 5.92 Å². The third-order valence-corrected chi connectivity index (χ3v) is 6.12. The van der Waals surface area contributed by atoms with Gasteiger partial charge in [-0.3, -0.25) is 19.7 Å². The molecular weight excluding hydrogens is 426 g/mol. The SMILES string of the molecule is CC(C)C(=O)Nc1cccc(C(=O)Nc2nnc([C@H]3CC(=O)N(c4ccccc4)C3)s2)c1. The van der Waals surface area contributed by atoms with Crippen molar-refractivity contribution >= 4 is 45.6 Å². The monoisotopic (exact) mass is 449 g/mol. The summed E-state index contributed by atoms with van der Waals surface area (Å²) in [5.74, 6) is -0.649. The third kappa shape index (κ3) is 4.83. The largest absolute Gasteiger partial charge is 0.326 e. The Balaban J connectivity index is 1.41. The van der Waals surface area contributed by atoms with Crippen LogP contribution in [0.15, 0.2) is 54.6 Å². The van der Waals surface area contributed by atoms with E-state index in [1.165, 1.54) is 11.3 Å². The van der Waals surface area contributed by atoms with E-state index in [0.717, 1.165) is 5.69 Å². The lowest BCUT2D eigenvalue weighted by molar-refractivity contribution is -0.119. The van der Waals surface area contributed by atoms with Crippen molar-refractivity contribution in [3.63, 3.8) is 0 Å². The summed E-state index contributed by atoms with van der Waals surface area (Å²) in [6.07, 6.45) is 0.356. The highest BCUT2D eigenvalue weighted by molar-refractivity contribution is 7.15. The van der Waals surface area contributed by atoms with Gasteiger partial charge in [-0.25, -0.2) is 0 Å². The number of nitrogens with zero attached hydrogens (tertiary/aromatic N) is 3. The fraction of sp³-hybridized carbons (Fsp3) is 0.261. The first-order valence-corrected chi connectivity index (χ1v) is 11.1. The van der Waals surface area contributed by atoms with Gasteiger partial charge in [-0.2, -0.15) is 0 Å². The first-order chi connectivity index (χ1) is 15.4. The van der Waals surface area contributed by atoms with Crippen LogP contribution < -0.4 is 15.5 Å². The van der Waals surface area contributed by atoms with Gasteiger partial charge in [0, 0.05) is 41.7 Å². The number of nitrogens with one attached hydrogen (secondary N) is 2. The molecule has 0 radical (unpaired) electrons. The van der Waals surface area contributed by atoms with Crippen molar-refractivity contribution < 1.29 is 14.4 Å². The standard InChI is InChI=1S/C23H23N5O3S/c1-14(2)20(30)24-17-8-6-7-15(11-17)21(31)25-23-27-26-22(32-23)16-12-19(29)28(13-16)18-9-4-3-5-10-18/h3-11,14,16H,12-13H2,1-2H3,(H,24,30)(H,25,27,31)/t16-/m0/s1. The minimum Gasteiger partial charge on any atom is -0.326 e. The predicted molar refractivity (Wildman–Crippen MR) is 124 cm³/mol. The van der Waals surface area contributed by atoms with E-state index in [1.54, 1.807) is 43.0 Å². The molecule has 2 aromatic carbocycles. The zero-order valence-electron chi connectivity index (χ0n) is 17.7. The quantitative estimate of drug-likeness (QED) is 0.594. The van der Waals surface area contributed by atoms with Crippen LogP contribution in [0.2, 0.25) is 0 Å². The van der Waals surface area contributed by atoms with E-state index in [1.807, 2.05) is 30.3 Å². The molecule has 1 saturated heterocycles. The van der Waals surface area contributed by atoms with Crippen LogP contribution in [0.3, 0.4) is 0 Å². The van der Waals surface area contributed by atoms with Crippen molar-refractivity contribution in [2.75, 3.05) is 22.1 Å². The molecule has 2 heterocycles. The van der Waals surface area contributed by atoms with Crippen LogP contribution in [-0.4, -0.2) is 34.5 Å². The Morgan fingerprint density at radius 1 is 1.06 bits per heavy atom. The maximum atomic E-state index is 12.7. The fourth-order valence-corrected chi connectivity index (χ4v) is 4.20. The zero-order valence-corrected chi connectivity index (χ0v) is 18.6. The van der Waals surface area contributed by atoms with Gasteiger partial charge in [0.2, 0.25) is 16.9 Å². The molecule has 1 aromatic heterocycles. The molecule has 3 aromatic rings. The smallest absolute Gasteiger partial charge is 0.257 e. The van der Waals surface area contributed by atoms with Gasteiger partial charge in [0.15, 0.2) is 0 Å². The molecule has 1 fully saturated rings. The van der Waals surface area contributed by atoms with Gasteiger partial charge in [0.1, 0.15) is 5.01 Å². The summed E-state index contributed by atoms with van der Waals surface area (Å²) in [4.78, 5) is 38.8. The molecule has 4 rings (SSSR count). The van der Waals surface area contributed by atoms with Crippen molar-refractivity contribution in [2.24, 2.45) is 5.92 Å². The summed E-state index contributed by atoms with van der Waals surface area (Å²) < 4.78 is 0. The van der Waals surface area contributed by atoms with E-state index in [9.17, 15) is 14.4 Å². The third-order valence-electron chi connectivity index (χ3n) is 5.12. The first-order valence-electron chi connectivity index (χ1n) is 10.3. The molecule has 9 heteroatoms. The molecule has 0 saturated carbocycles. The van der Waals surface area contributed by atoms with E-state index in [2.05, 4.69) is 20.8 Å². The lowest BCUT2D eigenvalue weighted by Gasteiger charge is -2.15. The number of anilines is 3. The minimum atomic E-state index is -0.346. The van der Waals surface area contributed by atoms with Gasteiger partial charge in [-0.05, 0) is 30.3 Å². The Morgan fingerprint density at radius 2 is 1.84 bits per heavy atom. The molecule has 32 heavy (non-hydrogen) atoms. The number of carbonyl (C=O) groups is 3. The molecule has 8 nitrogen and oxygen atoms in total. The van der Waals surface area contributed by atoms with Crippen molar-refractivity contribution in [2.45, 2.75) is 26.2 Å². The number of rotatable bonds is 6. The molecule has 2 N–H and O–H groups in total. The van der Waals surface area contributed by atoms with Crippen molar-refractivity contribution in [3.05, 3.63) is 65.2 Å². The average Bonchev–Trinajstić information content (AvgIpc) is 3.41. The Kier molecular flexibility index (Phi) is 6.27. The van der Waals surface area contributed by atoms with Gasteiger partial charge in [0.25, 0.3) is 5.91 Å². The summed E-state index contributed by atoms with van der Waals surface area (Å²) in [5.41, 5.74) is 1.82. The van der Waals surface area contributed by atoms with Crippen LogP contribution in [0.1, 0.15) is 41.6 Å². The molecule has 0 spiro atoms. The molecule has 0 unspecified atom stereocenters. The number of aromatic nitrogens is 2. The predicted octanol–water partition coefficient (Wildman–Crippen LogP) is 3.91. The second kappa shape index (κ2) is 9.27. The van der Waals surface area contributed by atoms with Crippen LogP contribution in [-0.2, 0) is 9.59 Å². The zero-order chi connectivity index (χ0) is 22.7. The normalized spacial score (nSPS) is 15.8. The molecule has 1 aliphatic rings. The summed E-state index contributed by atoms with van der Waals surface area (Å²) in [5, 5.41) is 14.9. The van der Waals surface area contributed by atoms with Crippen molar-refractivity contribution in [3.8, 4) is 0 Å². The molecule has 164 valence electrons. The second-order valence-corrected chi connectivity index (χ2v) is 8.87. The molecule has 1 aliphatic heterocycles. The highest BCUT2D eigenvalue weighted by atomic mass is 32.1.